The fraction of sp³-hybridized carbons (Fsp3) is 0.143. The molecule has 0 aliphatic heterocycles. The van der Waals surface area contributed by atoms with Crippen molar-refractivity contribution in [2.45, 2.75) is 20.5 Å². The van der Waals surface area contributed by atoms with Crippen LogP contribution in [-0.4, -0.2) is 10.5 Å². The van der Waals surface area contributed by atoms with Gasteiger partial charge < -0.3 is 10.5 Å². The Kier molecular flexibility index (Phi) is 5.45. The van der Waals surface area contributed by atoms with Crippen LogP contribution in [0.15, 0.2) is 47.3 Å². The van der Waals surface area contributed by atoms with Crippen molar-refractivity contribution in [1.82, 2.24) is 4.57 Å². The first-order chi connectivity index (χ1) is 13.7. The van der Waals surface area contributed by atoms with Crippen LogP contribution in [0.2, 0.25) is 0 Å². The van der Waals surface area contributed by atoms with E-state index in [1.54, 1.807) is 6.92 Å². The van der Waals surface area contributed by atoms with Gasteiger partial charge in [-0.25, -0.2) is 13.2 Å². The number of carbonyl (C=O) groups excluding carboxylic acids is 1. The number of halogens is 3. The largest absolute Gasteiger partial charge is 0.488 e. The second-order valence-electron chi connectivity index (χ2n) is 6.47. The van der Waals surface area contributed by atoms with Crippen LogP contribution in [0.4, 0.5) is 13.2 Å². The van der Waals surface area contributed by atoms with Crippen LogP contribution in [0.25, 0.3) is 5.69 Å². The van der Waals surface area contributed by atoms with E-state index < -0.39 is 28.9 Å². The third-order valence-corrected chi connectivity index (χ3v) is 4.46. The van der Waals surface area contributed by atoms with Crippen LogP contribution in [0.3, 0.4) is 0 Å². The number of nitrogens with two attached hydrogens (primary N) is 1. The van der Waals surface area contributed by atoms with E-state index in [9.17, 15) is 22.8 Å². The van der Waals surface area contributed by atoms with Gasteiger partial charge in [0.1, 0.15) is 29.8 Å². The fourth-order valence-electron chi connectivity index (χ4n) is 2.88. The quantitative estimate of drug-likeness (QED) is 0.709. The summed E-state index contributed by atoms with van der Waals surface area (Å²) in [6.07, 6.45) is 0. The molecule has 0 spiro atoms. The van der Waals surface area contributed by atoms with Crippen LogP contribution in [-0.2, 0) is 6.61 Å². The summed E-state index contributed by atoms with van der Waals surface area (Å²) in [6.45, 7) is 2.81. The Bertz CT molecular complexity index is 1170. The van der Waals surface area contributed by atoms with E-state index in [2.05, 4.69) is 0 Å². The molecule has 0 fully saturated rings. The molecule has 1 aromatic heterocycles. The number of aryl methyl sites for hydroxylation is 1. The first-order valence-corrected chi connectivity index (χ1v) is 8.58. The summed E-state index contributed by atoms with van der Waals surface area (Å²) in [6, 6.07) is 8.06. The van der Waals surface area contributed by atoms with Crippen molar-refractivity contribution >= 4 is 5.91 Å². The lowest BCUT2D eigenvalue weighted by Gasteiger charge is -2.16. The predicted molar refractivity (Wildman–Crippen MR) is 101 cm³/mol. The van der Waals surface area contributed by atoms with Crippen molar-refractivity contribution in [2.24, 2.45) is 5.73 Å². The average molecular weight is 402 g/mol. The van der Waals surface area contributed by atoms with E-state index >= 15 is 0 Å². The standard InChI is InChI=1S/C21H17F3N2O3/c1-11-7-19(29-10-14-3-5-15(22)9-17(14)24)12(2)21(28)26(11)18-8-13(20(25)27)4-6-16(18)23/h3-9H,10H2,1-2H3,(H2,25,27). The van der Waals surface area contributed by atoms with Gasteiger partial charge in [-0.05, 0) is 44.2 Å². The summed E-state index contributed by atoms with van der Waals surface area (Å²) in [5, 5.41) is 0. The van der Waals surface area contributed by atoms with E-state index in [0.717, 1.165) is 22.8 Å². The number of hydrogen-bond donors (Lipinski definition) is 1. The van der Waals surface area contributed by atoms with Crippen LogP contribution in [0.5, 0.6) is 5.75 Å². The van der Waals surface area contributed by atoms with E-state index in [4.69, 9.17) is 10.5 Å². The average Bonchev–Trinajstić information content (AvgIpc) is 2.66. The SMILES string of the molecule is Cc1c(OCc2ccc(F)cc2F)cc(C)n(-c2cc(C(N)=O)ccc2F)c1=O. The second kappa shape index (κ2) is 7.83. The molecule has 150 valence electrons. The van der Waals surface area contributed by atoms with Gasteiger partial charge in [0, 0.05) is 29.0 Å². The zero-order valence-corrected chi connectivity index (χ0v) is 15.6. The molecule has 5 nitrogen and oxygen atoms in total. The molecule has 1 amide bonds. The number of amides is 1. The van der Waals surface area contributed by atoms with Crippen LogP contribution in [0, 0.1) is 31.3 Å². The first kappa shape index (κ1) is 20.2. The lowest BCUT2D eigenvalue weighted by Crippen LogP contribution is -2.25. The summed E-state index contributed by atoms with van der Waals surface area (Å²) >= 11 is 0. The molecule has 2 aromatic carbocycles. The molecule has 0 saturated carbocycles. The van der Waals surface area contributed by atoms with Gasteiger partial charge in [-0.3, -0.25) is 14.2 Å². The van der Waals surface area contributed by atoms with Gasteiger partial charge in [0.25, 0.3) is 5.56 Å². The van der Waals surface area contributed by atoms with Crippen molar-refractivity contribution in [2.75, 3.05) is 0 Å². The van der Waals surface area contributed by atoms with E-state index in [-0.39, 0.29) is 34.7 Å². The molecule has 0 saturated heterocycles. The molecule has 2 N–H and O–H groups in total. The number of benzene rings is 2. The highest BCUT2D eigenvalue weighted by Gasteiger charge is 2.17. The van der Waals surface area contributed by atoms with Gasteiger partial charge in [0.05, 0.1) is 11.3 Å². The van der Waals surface area contributed by atoms with Crippen molar-refractivity contribution < 1.29 is 22.7 Å². The monoisotopic (exact) mass is 402 g/mol. The number of pyridine rings is 1. The Labute approximate surface area is 164 Å². The second-order valence-corrected chi connectivity index (χ2v) is 6.47. The van der Waals surface area contributed by atoms with Gasteiger partial charge in [-0.2, -0.15) is 0 Å². The molecular formula is C21H17F3N2O3. The third-order valence-electron chi connectivity index (χ3n) is 4.46. The molecule has 0 unspecified atom stereocenters. The molecule has 0 aliphatic carbocycles. The van der Waals surface area contributed by atoms with Gasteiger partial charge in [-0.1, -0.05) is 0 Å². The topological polar surface area (TPSA) is 74.3 Å². The Balaban J connectivity index is 2.00. The van der Waals surface area contributed by atoms with Crippen molar-refractivity contribution in [1.29, 1.82) is 0 Å². The Morgan fingerprint density at radius 1 is 1.03 bits per heavy atom. The molecule has 29 heavy (non-hydrogen) atoms. The minimum Gasteiger partial charge on any atom is -0.488 e. The predicted octanol–water partition coefficient (Wildman–Crippen LogP) is 3.55. The fourth-order valence-corrected chi connectivity index (χ4v) is 2.88. The van der Waals surface area contributed by atoms with E-state index in [1.807, 2.05) is 0 Å². The van der Waals surface area contributed by atoms with Gasteiger partial charge >= 0.3 is 0 Å². The number of aromatic nitrogens is 1. The highest BCUT2D eigenvalue weighted by atomic mass is 19.1. The molecule has 0 aliphatic rings. The van der Waals surface area contributed by atoms with Crippen LogP contribution in [0.1, 0.15) is 27.2 Å². The molecule has 3 aromatic rings. The number of hydrogen-bond acceptors (Lipinski definition) is 3. The maximum Gasteiger partial charge on any atom is 0.262 e. The zero-order valence-electron chi connectivity index (χ0n) is 15.6. The maximum absolute atomic E-state index is 14.3. The number of carbonyl (C=O) groups is 1. The summed E-state index contributed by atoms with van der Waals surface area (Å²) in [4.78, 5) is 24.2. The Morgan fingerprint density at radius 3 is 2.41 bits per heavy atom. The molecule has 0 bridgehead atoms. The molecule has 1 heterocycles. The maximum atomic E-state index is 14.3. The summed E-state index contributed by atoms with van der Waals surface area (Å²) in [5.74, 6) is -2.75. The number of ether oxygens (including phenoxy) is 1. The molecule has 0 radical (unpaired) electrons. The summed E-state index contributed by atoms with van der Waals surface area (Å²) in [5.41, 5.74) is 5.20. The first-order valence-electron chi connectivity index (χ1n) is 8.58. The minimum absolute atomic E-state index is 0.0532. The van der Waals surface area contributed by atoms with Crippen molar-refractivity contribution in [3.8, 4) is 11.4 Å². The zero-order chi connectivity index (χ0) is 21.3. The number of nitrogens with zero attached hydrogens (tertiary/aromatic N) is 1. The van der Waals surface area contributed by atoms with Crippen molar-refractivity contribution in [3.05, 3.63) is 92.7 Å². The lowest BCUT2D eigenvalue weighted by molar-refractivity contribution is 0.1000. The summed E-state index contributed by atoms with van der Waals surface area (Å²) in [7, 11) is 0. The highest BCUT2D eigenvalue weighted by molar-refractivity contribution is 5.93. The minimum atomic E-state index is -0.766. The summed E-state index contributed by atoms with van der Waals surface area (Å²) < 4.78 is 47.8. The lowest BCUT2D eigenvalue weighted by atomic mass is 10.1. The number of primary amides is 1. The normalized spacial score (nSPS) is 10.8. The van der Waals surface area contributed by atoms with Gasteiger partial charge in [-0.15, -0.1) is 0 Å². The van der Waals surface area contributed by atoms with Gasteiger partial charge in [0.15, 0.2) is 0 Å². The van der Waals surface area contributed by atoms with Crippen molar-refractivity contribution in [3.63, 3.8) is 0 Å². The van der Waals surface area contributed by atoms with Gasteiger partial charge in [0.2, 0.25) is 5.91 Å². The van der Waals surface area contributed by atoms with Crippen LogP contribution < -0.4 is 16.0 Å². The molecule has 3 rings (SSSR count). The molecule has 8 heteroatoms. The Morgan fingerprint density at radius 2 is 1.76 bits per heavy atom. The Hall–Kier alpha value is -3.55. The molecular weight excluding hydrogens is 385 g/mol. The molecule has 0 atom stereocenters. The smallest absolute Gasteiger partial charge is 0.262 e. The van der Waals surface area contributed by atoms with Crippen LogP contribution >= 0.6 is 0 Å². The third kappa shape index (κ3) is 4.01. The number of rotatable bonds is 5. The highest BCUT2D eigenvalue weighted by Crippen LogP contribution is 2.22. The van der Waals surface area contributed by atoms with E-state index in [1.165, 1.54) is 31.2 Å². The van der Waals surface area contributed by atoms with E-state index in [0.29, 0.717) is 5.69 Å².